The molecule has 0 saturated carbocycles. The molecule has 0 amide bonds. The molecule has 0 radical (unpaired) electrons. The van der Waals surface area contributed by atoms with Gasteiger partial charge in [-0.2, -0.15) is 0 Å². The number of nitrogens with one attached hydrogen (secondary N) is 2. The van der Waals surface area contributed by atoms with E-state index in [0.717, 1.165) is 11.4 Å². The second-order valence-corrected chi connectivity index (χ2v) is 6.98. The van der Waals surface area contributed by atoms with E-state index in [9.17, 15) is 8.42 Å². The summed E-state index contributed by atoms with van der Waals surface area (Å²) >= 11 is 1.43. The van der Waals surface area contributed by atoms with Gasteiger partial charge in [-0.1, -0.05) is 12.1 Å². The van der Waals surface area contributed by atoms with Gasteiger partial charge in [-0.15, -0.1) is 11.3 Å². The van der Waals surface area contributed by atoms with Crippen molar-refractivity contribution in [2.75, 3.05) is 6.54 Å². The lowest BCUT2D eigenvalue weighted by atomic mass is 10.4. The molecule has 20 heavy (non-hydrogen) atoms. The molecule has 2 aromatic rings. The highest BCUT2D eigenvalue weighted by atomic mass is 32.2. The number of aromatic nitrogens is 1. The number of sulfonamides is 1. The highest BCUT2D eigenvalue weighted by molar-refractivity contribution is 7.89. The quantitative estimate of drug-likeness (QED) is 0.811. The Morgan fingerprint density at radius 3 is 2.85 bits per heavy atom. The average Bonchev–Trinajstić information content (AvgIpc) is 3.03. The van der Waals surface area contributed by atoms with Crippen LogP contribution in [0.1, 0.15) is 23.3 Å². The molecule has 2 aromatic heterocycles. The third-order valence-corrected chi connectivity index (χ3v) is 5.19. The number of nitrogens with zero attached hydrogens (tertiary/aromatic N) is 1. The van der Waals surface area contributed by atoms with Crippen molar-refractivity contribution in [1.29, 1.82) is 0 Å². The van der Waals surface area contributed by atoms with Gasteiger partial charge in [-0.05, 0) is 24.9 Å². The van der Waals surface area contributed by atoms with E-state index in [1.807, 2.05) is 6.92 Å². The predicted molar refractivity (Wildman–Crippen MR) is 77.0 cm³/mol. The molecule has 0 bridgehead atoms. The van der Waals surface area contributed by atoms with Crippen LogP contribution in [-0.4, -0.2) is 20.1 Å². The van der Waals surface area contributed by atoms with E-state index in [1.54, 1.807) is 24.4 Å². The zero-order chi connectivity index (χ0) is 14.6. The number of hydrogen-bond acceptors (Lipinski definition) is 6. The van der Waals surface area contributed by atoms with E-state index in [-0.39, 0.29) is 6.54 Å². The summed E-state index contributed by atoms with van der Waals surface area (Å²) in [6.07, 6.45) is 0. The van der Waals surface area contributed by atoms with Crippen molar-refractivity contribution in [3.8, 4) is 0 Å². The van der Waals surface area contributed by atoms with Crippen LogP contribution in [0.4, 0.5) is 0 Å². The van der Waals surface area contributed by atoms with E-state index in [4.69, 9.17) is 4.52 Å². The first kappa shape index (κ1) is 15.2. The molecule has 2 rings (SSSR count). The third kappa shape index (κ3) is 3.66. The first-order valence-electron chi connectivity index (χ1n) is 6.22. The molecule has 0 unspecified atom stereocenters. The molecular formula is C12H17N3O3S2. The van der Waals surface area contributed by atoms with Gasteiger partial charge in [0.05, 0.1) is 17.1 Å². The van der Waals surface area contributed by atoms with Gasteiger partial charge in [0, 0.05) is 17.5 Å². The van der Waals surface area contributed by atoms with Gasteiger partial charge in [0.2, 0.25) is 10.0 Å². The van der Waals surface area contributed by atoms with E-state index >= 15 is 0 Å². The minimum atomic E-state index is -3.53. The number of thiophene rings is 1. The Labute approximate surface area is 122 Å². The number of rotatable bonds is 7. The summed E-state index contributed by atoms with van der Waals surface area (Å²) in [6, 6.07) is 3.32. The number of hydrogen-bond donors (Lipinski definition) is 2. The molecule has 0 aliphatic carbocycles. The lowest BCUT2D eigenvalue weighted by Crippen LogP contribution is -2.24. The zero-order valence-electron chi connectivity index (χ0n) is 11.3. The monoisotopic (exact) mass is 315 g/mol. The van der Waals surface area contributed by atoms with Crippen LogP contribution in [0.15, 0.2) is 26.9 Å². The van der Waals surface area contributed by atoms with Crippen molar-refractivity contribution in [3.05, 3.63) is 33.8 Å². The lowest BCUT2D eigenvalue weighted by Gasteiger charge is -2.06. The maximum atomic E-state index is 12.3. The fraction of sp³-hybridized carbons (Fsp3) is 0.417. The van der Waals surface area contributed by atoms with Crippen LogP contribution in [0.2, 0.25) is 0 Å². The van der Waals surface area contributed by atoms with E-state index in [1.165, 1.54) is 11.3 Å². The van der Waals surface area contributed by atoms with Crippen LogP contribution >= 0.6 is 11.3 Å². The fourth-order valence-electron chi connectivity index (χ4n) is 1.68. The Bertz CT molecular complexity index is 661. The molecule has 0 aromatic carbocycles. The Kier molecular flexibility index (Phi) is 4.92. The smallest absolute Gasteiger partial charge is 0.242 e. The topological polar surface area (TPSA) is 84.2 Å². The van der Waals surface area contributed by atoms with Crippen LogP contribution < -0.4 is 10.0 Å². The summed E-state index contributed by atoms with van der Waals surface area (Å²) in [5, 5.41) is 8.67. The molecule has 110 valence electrons. The molecule has 0 aliphatic rings. The zero-order valence-corrected chi connectivity index (χ0v) is 13.0. The predicted octanol–water partition coefficient (Wildman–Crippen LogP) is 1.63. The first-order valence-corrected chi connectivity index (χ1v) is 8.58. The van der Waals surface area contributed by atoms with Gasteiger partial charge in [0.25, 0.3) is 0 Å². The minimum Gasteiger partial charge on any atom is -0.361 e. The van der Waals surface area contributed by atoms with Crippen molar-refractivity contribution in [2.45, 2.75) is 31.8 Å². The SMILES string of the molecule is CCNCc1sccc1S(=O)(=O)NCc1cc(C)on1. The van der Waals surface area contributed by atoms with Gasteiger partial charge in [0.1, 0.15) is 5.76 Å². The average molecular weight is 315 g/mol. The van der Waals surface area contributed by atoms with Gasteiger partial charge < -0.3 is 9.84 Å². The molecular weight excluding hydrogens is 298 g/mol. The van der Waals surface area contributed by atoms with Gasteiger partial charge >= 0.3 is 0 Å². The molecule has 2 N–H and O–H groups in total. The first-order chi connectivity index (χ1) is 9.53. The van der Waals surface area contributed by atoms with Crippen molar-refractivity contribution in [2.24, 2.45) is 0 Å². The summed E-state index contributed by atoms with van der Waals surface area (Å²) in [6.45, 7) is 5.21. The molecule has 0 aliphatic heterocycles. The maximum Gasteiger partial charge on any atom is 0.242 e. The van der Waals surface area contributed by atoms with Crippen molar-refractivity contribution < 1.29 is 12.9 Å². The highest BCUT2D eigenvalue weighted by Crippen LogP contribution is 2.21. The summed E-state index contributed by atoms with van der Waals surface area (Å²) in [4.78, 5) is 1.12. The highest BCUT2D eigenvalue weighted by Gasteiger charge is 2.19. The Balaban J connectivity index is 2.08. The van der Waals surface area contributed by atoms with Crippen LogP contribution in [-0.2, 0) is 23.1 Å². The van der Waals surface area contributed by atoms with E-state index in [0.29, 0.717) is 22.9 Å². The van der Waals surface area contributed by atoms with Crippen LogP contribution in [0.25, 0.3) is 0 Å². The Morgan fingerprint density at radius 2 is 2.20 bits per heavy atom. The van der Waals surface area contributed by atoms with E-state index in [2.05, 4.69) is 15.2 Å². The maximum absolute atomic E-state index is 12.3. The van der Waals surface area contributed by atoms with Crippen LogP contribution in [0, 0.1) is 6.92 Å². The van der Waals surface area contributed by atoms with Gasteiger partial charge in [-0.3, -0.25) is 0 Å². The molecule has 0 saturated heterocycles. The molecule has 0 fully saturated rings. The second-order valence-electron chi connectivity index (χ2n) is 4.24. The fourth-order valence-corrected chi connectivity index (χ4v) is 4.09. The summed E-state index contributed by atoms with van der Waals surface area (Å²) in [5.74, 6) is 0.655. The van der Waals surface area contributed by atoms with E-state index < -0.39 is 10.0 Å². The summed E-state index contributed by atoms with van der Waals surface area (Å²) in [5.41, 5.74) is 0.564. The largest absolute Gasteiger partial charge is 0.361 e. The van der Waals surface area contributed by atoms with Gasteiger partial charge in [-0.25, -0.2) is 13.1 Å². The molecule has 0 spiro atoms. The van der Waals surface area contributed by atoms with Crippen LogP contribution in [0.3, 0.4) is 0 Å². The normalized spacial score (nSPS) is 11.9. The summed E-state index contributed by atoms with van der Waals surface area (Å²) < 4.78 is 32.0. The van der Waals surface area contributed by atoms with Crippen molar-refractivity contribution in [3.63, 3.8) is 0 Å². The Hall–Kier alpha value is -1.22. The van der Waals surface area contributed by atoms with Crippen molar-refractivity contribution in [1.82, 2.24) is 15.2 Å². The molecule has 6 nitrogen and oxygen atoms in total. The molecule has 0 atom stereocenters. The molecule has 8 heteroatoms. The molecule has 2 heterocycles. The lowest BCUT2D eigenvalue weighted by molar-refractivity contribution is 0.390. The standard InChI is InChI=1S/C12H17N3O3S2/c1-3-13-8-11-12(4-5-19-11)20(16,17)14-7-10-6-9(2)18-15-10/h4-6,13-14H,3,7-8H2,1-2H3. The van der Waals surface area contributed by atoms with Crippen LogP contribution in [0.5, 0.6) is 0 Å². The minimum absolute atomic E-state index is 0.121. The second kappa shape index (κ2) is 6.49. The van der Waals surface area contributed by atoms with Crippen molar-refractivity contribution >= 4 is 21.4 Å². The van der Waals surface area contributed by atoms with Gasteiger partial charge in [0.15, 0.2) is 0 Å². The Morgan fingerprint density at radius 1 is 1.40 bits per heavy atom. The summed E-state index contributed by atoms with van der Waals surface area (Å²) in [7, 11) is -3.53. The number of aryl methyl sites for hydroxylation is 1. The third-order valence-electron chi connectivity index (χ3n) is 2.65.